The number of hydrogen-bond donors (Lipinski definition) is 2. The van der Waals surface area contributed by atoms with Crippen LogP contribution in [0.3, 0.4) is 0 Å². The van der Waals surface area contributed by atoms with Gasteiger partial charge in [-0.1, -0.05) is 49.4 Å². The van der Waals surface area contributed by atoms with Crippen molar-refractivity contribution in [3.8, 4) is 5.75 Å². The van der Waals surface area contributed by atoms with E-state index in [4.69, 9.17) is 0 Å². The van der Waals surface area contributed by atoms with Gasteiger partial charge in [0.05, 0.1) is 6.04 Å². The summed E-state index contributed by atoms with van der Waals surface area (Å²) in [6.07, 6.45) is 0.326. The maximum Gasteiger partial charge on any atom is 0.387 e. The first-order valence-corrected chi connectivity index (χ1v) is 9.80. The normalized spacial score (nSPS) is 19.3. The molecule has 2 aromatic rings. The van der Waals surface area contributed by atoms with Crippen molar-refractivity contribution in [3.05, 3.63) is 65.7 Å². The summed E-state index contributed by atoms with van der Waals surface area (Å²) in [4.78, 5) is 39.0. The molecule has 1 fully saturated rings. The van der Waals surface area contributed by atoms with E-state index >= 15 is 0 Å². The van der Waals surface area contributed by atoms with E-state index in [1.165, 1.54) is 18.2 Å². The van der Waals surface area contributed by atoms with Gasteiger partial charge in [0.1, 0.15) is 17.8 Å². The van der Waals surface area contributed by atoms with Crippen LogP contribution in [-0.2, 0) is 15.1 Å². The fraction of sp³-hybridized carbons (Fsp3) is 0.318. The highest BCUT2D eigenvalue weighted by Crippen LogP contribution is 2.32. The van der Waals surface area contributed by atoms with E-state index < -0.39 is 42.6 Å². The number of nitrogens with zero attached hydrogens (tertiary/aromatic N) is 1. The number of nitrogens with one attached hydrogen (secondary N) is 2. The Hall–Kier alpha value is -3.49. The number of alkyl halides is 2. The number of carbonyl (C=O) groups is 3. The third-order valence-electron chi connectivity index (χ3n) is 5.24. The molecule has 0 radical (unpaired) electrons. The molecular weight excluding hydrogens is 408 g/mol. The first-order valence-electron chi connectivity index (χ1n) is 9.80. The Morgan fingerprint density at radius 3 is 2.52 bits per heavy atom. The third-order valence-corrected chi connectivity index (χ3v) is 5.24. The Kier molecular flexibility index (Phi) is 6.53. The van der Waals surface area contributed by atoms with E-state index in [2.05, 4.69) is 15.4 Å². The van der Waals surface area contributed by atoms with Gasteiger partial charge in [0.15, 0.2) is 0 Å². The molecule has 0 spiro atoms. The molecule has 1 aliphatic heterocycles. The van der Waals surface area contributed by atoms with Crippen LogP contribution >= 0.6 is 0 Å². The molecule has 2 atom stereocenters. The van der Waals surface area contributed by atoms with Gasteiger partial charge in [-0.3, -0.25) is 14.5 Å². The number of rotatable bonds is 8. The lowest BCUT2D eigenvalue weighted by atomic mass is 9.87. The van der Waals surface area contributed by atoms with Crippen LogP contribution in [-0.4, -0.2) is 35.9 Å². The van der Waals surface area contributed by atoms with Crippen molar-refractivity contribution >= 4 is 17.8 Å². The van der Waals surface area contributed by atoms with E-state index in [1.807, 2.05) is 6.07 Å². The van der Waals surface area contributed by atoms with Gasteiger partial charge >= 0.3 is 12.6 Å². The van der Waals surface area contributed by atoms with Crippen molar-refractivity contribution in [2.45, 2.75) is 38.5 Å². The number of urea groups is 1. The van der Waals surface area contributed by atoms with Gasteiger partial charge in [-0.05, 0) is 36.6 Å². The van der Waals surface area contributed by atoms with Crippen LogP contribution in [0, 0.1) is 0 Å². The Morgan fingerprint density at radius 2 is 1.87 bits per heavy atom. The van der Waals surface area contributed by atoms with Crippen LogP contribution in [0.25, 0.3) is 0 Å². The van der Waals surface area contributed by atoms with Crippen molar-refractivity contribution in [1.29, 1.82) is 0 Å². The zero-order valence-corrected chi connectivity index (χ0v) is 17.1. The highest BCUT2D eigenvalue weighted by atomic mass is 19.3. The van der Waals surface area contributed by atoms with Gasteiger partial charge in [0.25, 0.3) is 5.91 Å². The molecule has 9 heteroatoms. The molecule has 0 aromatic heterocycles. The largest absolute Gasteiger partial charge is 0.435 e. The van der Waals surface area contributed by atoms with Gasteiger partial charge in [0, 0.05) is 0 Å². The minimum atomic E-state index is -2.96. The Bertz CT molecular complexity index is 970. The first-order chi connectivity index (χ1) is 14.8. The number of amides is 4. The number of benzene rings is 2. The molecular formula is C22H23F2N3O4. The highest BCUT2D eigenvalue weighted by Gasteiger charge is 2.51. The van der Waals surface area contributed by atoms with Crippen molar-refractivity contribution in [1.82, 2.24) is 15.5 Å². The number of imide groups is 1. The highest BCUT2D eigenvalue weighted by molar-refractivity contribution is 6.09. The zero-order chi connectivity index (χ0) is 22.6. The van der Waals surface area contributed by atoms with E-state index in [-0.39, 0.29) is 5.75 Å². The Balaban J connectivity index is 1.69. The van der Waals surface area contributed by atoms with Crippen molar-refractivity contribution in [3.63, 3.8) is 0 Å². The molecule has 31 heavy (non-hydrogen) atoms. The van der Waals surface area contributed by atoms with Gasteiger partial charge in [-0.25, -0.2) is 4.79 Å². The quantitative estimate of drug-likeness (QED) is 0.628. The molecule has 2 aromatic carbocycles. The van der Waals surface area contributed by atoms with Crippen LogP contribution in [0.5, 0.6) is 5.75 Å². The van der Waals surface area contributed by atoms with Gasteiger partial charge < -0.3 is 15.4 Å². The average Bonchev–Trinajstić information content (AvgIpc) is 2.99. The fourth-order valence-corrected chi connectivity index (χ4v) is 3.61. The number of carbonyl (C=O) groups excluding carboxylic acids is 3. The molecule has 0 bridgehead atoms. The third kappa shape index (κ3) is 4.65. The van der Waals surface area contributed by atoms with Crippen molar-refractivity contribution < 1.29 is 27.9 Å². The second kappa shape index (κ2) is 9.11. The van der Waals surface area contributed by atoms with E-state index in [9.17, 15) is 23.2 Å². The monoisotopic (exact) mass is 431 g/mol. The molecule has 2 unspecified atom stereocenters. The SMILES string of the molecule is CCC1(c2ccccc2)NC(=O)N(CC(=O)NC(C)c2cccc(OC(F)F)c2)C1=O. The van der Waals surface area contributed by atoms with E-state index in [1.54, 1.807) is 44.2 Å². The maximum atomic E-state index is 13.1. The van der Waals surface area contributed by atoms with Gasteiger partial charge in [-0.2, -0.15) is 8.78 Å². The smallest absolute Gasteiger partial charge is 0.387 e. The molecule has 4 amide bonds. The summed E-state index contributed by atoms with van der Waals surface area (Å²) < 4.78 is 29.2. The van der Waals surface area contributed by atoms with Crippen LogP contribution < -0.4 is 15.4 Å². The second-order valence-corrected chi connectivity index (χ2v) is 7.19. The predicted molar refractivity (Wildman–Crippen MR) is 108 cm³/mol. The summed E-state index contributed by atoms with van der Waals surface area (Å²) in [5.74, 6) is -1.09. The molecule has 164 valence electrons. The summed E-state index contributed by atoms with van der Waals surface area (Å²) in [6.45, 7) is 0.0245. The van der Waals surface area contributed by atoms with Gasteiger partial charge in [-0.15, -0.1) is 0 Å². The standard InChI is InChI=1S/C22H23F2N3O4/c1-3-22(16-9-5-4-6-10-16)19(29)27(21(30)26-22)13-18(28)25-14(2)15-8-7-11-17(12-15)31-20(23)24/h4-12,14,20H,3,13H2,1-2H3,(H,25,28)(H,26,30). The lowest BCUT2D eigenvalue weighted by Gasteiger charge is -2.25. The molecule has 1 heterocycles. The average molecular weight is 431 g/mol. The summed E-state index contributed by atoms with van der Waals surface area (Å²) in [5.41, 5.74) is -0.0376. The molecule has 1 saturated heterocycles. The molecule has 2 N–H and O–H groups in total. The minimum absolute atomic E-state index is 0.0294. The van der Waals surface area contributed by atoms with E-state index in [0.717, 1.165) is 4.90 Å². The molecule has 3 rings (SSSR count). The van der Waals surface area contributed by atoms with Crippen LogP contribution in [0.2, 0.25) is 0 Å². The molecule has 0 aliphatic carbocycles. The number of hydrogen-bond acceptors (Lipinski definition) is 4. The maximum absolute atomic E-state index is 13.1. The second-order valence-electron chi connectivity index (χ2n) is 7.19. The van der Waals surface area contributed by atoms with E-state index in [0.29, 0.717) is 17.5 Å². The minimum Gasteiger partial charge on any atom is -0.435 e. The zero-order valence-electron chi connectivity index (χ0n) is 17.1. The number of ether oxygens (including phenoxy) is 1. The summed E-state index contributed by atoms with van der Waals surface area (Å²) in [6, 6.07) is 13.6. The first kappa shape index (κ1) is 22.2. The Morgan fingerprint density at radius 1 is 1.16 bits per heavy atom. The van der Waals surface area contributed by atoms with Gasteiger partial charge in [0.2, 0.25) is 5.91 Å². The summed E-state index contributed by atoms with van der Waals surface area (Å²) in [5, 5.41) is 5.39. The summed E-state index contributed by atoms with van der Waals surface area (Å²) >= 11 is 0. The summed E-state index contributed by atoms with van der Waals surface area (Å²) in [7, 11) is 0. The molecule has 1 aliphatic rings. The fourth-order valence-electron chi connectivity index (χ4n) is 3.61. The van der Waals surface area contributed by atoms with Crippen LogP contribution in [0.15, 0.2) is 54.6 Å². The van der Waals surface area contributed by atoms with Crippen LogP contribution in [0.1, 0.15) is 37.4 Å². The molecule has 0 saturated carbocycles. The lowest BCUT2D eigenvalue weighted by molar-refractivity contribution is -0.135. The van der Waals surface area contributed by atoms with Crippen molar-refractivity contribution in [2.24, 2.45) is 0 Å². The predicted octanol–water partition coefficient (Wildman–Crippen LogP) is 3.32. The number of halogens is 2. The topological polar surface area (TPSA) is 87.7 Å². The Labute approximate surface area is 178 Å². The lowest BCUT2D eigenvalue weighted by Crippen LogP contribution is -2.45. The van der Waals surface area contributed by atoms with Crippen LogP contribution in [0.4, 0.5) is 13.6 Å². The molecule has 7 nitrogen and oxygen atoms in total. The van der Waals surface area contributed by atoms with Crippen molar-refractivity contribution in [2.75, 3.05) is 6.54 Å².